The fourth-order valence-corrected chi connectivity index (χ4v) is 3.34. The number of carboxylic acids is 1. The normalized spacial score (nSPS) is 21.6. The summed E-state index contributed by atoms with van der Waals surface area (Å²) < 4.78 is 0. The fraction of sp³-hybridized carbons (Fsp3) is 0.556. The third kappa shape index (κ3) is 3.49. The molecule has 1 unspecified atom stereocenters. The van der Waals surface area contributed by atoms with Gasteiger partial charge in [0.15, 0.2) is 0 Å². The second-order valence-corrected chi connectivity index (χ2v) is 6.85. The first-order chi connectivity index (χ1) is 11.0. The predicted octanol–water partition coefficient (Wildman–Crippen LogP) is 3.36. The van der Waals surface area contributed by atoms with Crippen molar-refractivity contribution in [1.82, 2.24) is 0 Å². The van der Waals surface area contributed by atoms with Crippen molar-refractivity contribution in [2.24, 2.45) is 11.8 Å². The summed E-state index contributed by atoms with van der Waals surface area (Å²) in [6.45, 7) is 4.13. The van der Waals surface area contributed by atoms with Crippen LogP contribution >= 0.6 is 0 Å². The number of rotatable bonds is 4. The minimum atomic E-state index is -0.999. The molecule has 1 atom stereocenters. The highest BCUT2D eigenvalue weighted by Crippen LogP contribution is 2.30. The van der Waals surface area contributed by atoms with Crippen LogP contribution in [0.1, 0.15) is 49.4 Å². The Morgan fingerprint density at radius 3 is 2.61 bits per heavy atom. The van der Waals surface area contributed by atoms with E-state index in [1.165, 1.54) is 6.42 Å². The van der Waals surface area contributed by atoms with Crippen molar-refractivity contribution < 1.29 is 14.7 Å². The molecule has 3 rings (SSSR count). The molecule has 0 radical (unpaired) electrons. The maximum Gasteiger partial charge on any atom is 0.337 e. The van der Waals surface area contributed by atoms with Crippen molar-refractivity contribution in [2.75, 3.05) is 23.3 Å². The number of carbonyl (C=O) groups is 2. The molecule has 1 saturated carbocycles. The van der Waals surface area contributed by atoms with Crippen molar-refractivity contribution in [2.45, 2.75) is 39.0 Å². The number of piperidine rings is 1. The zero-order valence-electron chi connectivity index (χ0n) is 13.5. The van der Waals surface area contributed by atoms with Gasteiger partial charge in [-0.3, -0.25) is 4.79 Å². The Balaban J connectivity index is 1.80. The van der Waals surface area contributed by atoms with Crippen LogP contribution in [0.25, 0.3) is 0 Å². The van der Waals surface area contributed by atoms with Crippen LogP contribution in [0, 0.1) is 11.8 Å². The number of carbonyl (C=O) groups excluding carboxylic acids is 1. The smallest absolute Gasteiger partial charge is 0.337 e. The molecule has 0 bridgehead atoms. The fourth-order valence-electron chi connectivity index (χ4n) is 3.34. The van der Waals surface area contributed by atoms with Gasteiger partial charge in [-0.1, -0.05) is 13.3 Å². The van der Waals surface area contributed by atoms with Gasteiger partial charge in [-0.2, -0.15) is 0 Å². The molecule has 1 heterocycles. The van der Waals surface area contributed by atoms with Crippen molar-refractivity contribution in [1.29, 1.82) is 0 Å². The molecule has 1 aliphatic heterocycles. The van der Waals surface area contributed by atoms with Gasteiger partial charge in [0.05, 0.1) is 11.3 Å². The number of aromatic carboxylic acids is 1. The zero-order valence-corrected chi connectivity index (χ0v) is 13.5. The molecule has 124 valence electrons. The highest BCUT2D eigenvalue weighted by Gasteiger charge is 2.26. The Bertz CT molecular complexity index is 610. The molecule has 2 aliphatic rings. The summed E-state index contributed by atoms with van der Waals surface area (Å²) in [5.74, 6) is -0.395. The van der Waals surface area contributed by atoms with Gasteiger partial charge in [0.25, 0.3) is 0 Å². The molecule has 1 aliphatic carbocycles. The number of nitrogens with zero attached hydrogens (tertiary/aromatic N) is 1. The molecule has 0 spiro atoms. The van der Waals surface area contributed by atoms with Crippen molar-refractivity contribution in [3.63, 3.8) is 0 Å². The lowest BCUT2D eigenvalue weighted by Gasteiger charge is -2.33. The maximum atomic E-state index is 12.1. The average Bonchev–Trinajstić information content (AvgIpc) is 2.45. The van der Waals surface area contributed by atoms with E-state index in [4.69, 9.17) is 0 Å². The minimum absolute atomic E-state index is 0.0410. The Morgan fingerprint density at radius 1 is 1.22 bits per heavy atom. The Hall–Kier alpha value is -2.04. The third-order valence-corrected chi connectivity index (χ3v) is 4.99. The minimum Gasteiger partial charge on any atom is -0.478 e. The molecule has 1 aromatic carbocycles. The van der Waals surface area contributed by atoms with E-state index in [1.807, 2.05) is 6.07 Å². The summed E-state index contributed by atoms with van der Waals surface area (Å²) in [6, 6.07) is 5.34. The van der Waals surface area contributed by atoms with Gasteiger partial charge in [-0.25, -0.2) is 4.79 Å². The summed E-state index contributed by atoms with van der Waals surface area (Å²) in [4.78, 5) is 25.9. The lowest BCUT2D eigenvalue weighted by Crippen LogP contribution is -2.34. The second-order valence-electron chi connectivity index (χ2n) is 6.85. The van der Waals surface area contributed by atoms with E-state index in [2.05, 4.69) is 17.1 Å². The van der Waals surface area contributed by atoms with E-state index in [0.717, 1.165) is 44.5 Å². The van der Waals surface area contributed by atoms with E-state index < -0.39 is 5.97 Å². The Morgan fingerprint density at radius 2 is 2.00 bits per heavy atom. The first-order valence-corrected chi connectivity index (χ1v) is 8.47. The van der Waals surface area contributed by atoms with Gasteiger partial charge < -0.3 is 15.3 Å². The van der Waals surface area contributed by atoms with E-state index in [0.29, 0.717) is 11.6 Å². The van der Waals surface area contributed by atoms with Crippen LogP contribution in [0.2, 0.25) is 0 Å². The third-order valence-electron chi connectivity index (χ3n) is 4.99. The van der Waals surface area contributed by atoms with E-state index in [9.17, 15) is 14.7 Å². The van der Waals surface area contributed by atoms with Gasteiger partial charge in [-0.05, 0) is 49.8 Å². The van der Waals surface area contributed by atoms with Gasteiger partial charge in [-0.15, -0.1) is 0 Å². The van der Waals surface area contributed by atoms with Crippen molar-refractivity contribution >= 4 is 23.3 Å². The van der Waals surface area contributed by atoms with Gasteiger partial charge in [0.2, 0.25) is 5.91 Å². The van der Waals surface area contributed by atoms with Crippen LogP contribution in [0.15, 0.2) is 18.2 Å². The number of nitrogens with one attached hydrogen (secondary N) is 1. The van der Waals surface area contributed by atoms with E-state index in [1.54, 1.807) is 12.1 Å². The average molecular weight is 316 g/mol. The molecule has 1 amide bonds. The summed E-state index contributed by atoms with van der Waals surface area (Å²) in [6.07, 6.45) is 5.23. The molecule has 0 aromatic heterocycles. The van der Waals surface area contributed by atoms with Gasteiger partial charge in [0, 0.05) is 24.7 Å². The number of amides is 1. The molecule has 5 heteroatoms. The molecule has 2 N–H and O–H groups in total. The first-order valence-electron chi connectivity index (χ1n) is 8.47. The highest BCUT2D eigenvalue weighted by molar-refractivity contribution is 6.02. The molecule has 1 aromatic rings. The lowest BCUT2D eigenvalue weighted by atomic mass is 9.85. The van der Waals surface area contributed by atoms with Crippen molar-refractivity contribution in [3.05, 3.63) is 23.8 Å². The van der Waals surface area contributed by atoms with Gasteiger partial charge >= 0.3 is 5.97 Å². The standard InChI is InChI=1S/C18H24N2O3/c1-12-4-3-9-20(11-12)14-7-8-16(15(10-14)18(22)23)19-17(21)13-5-2-6-13/h7-8,10,12-13H,2-6,9,11H2,1H3,(H,19,21)(H,22,23). The maximum absolute atomic E-state index is 12.1. The SMILES string of the molecule is CC1CCCN(c2ccc(NC(=O)C3CCC3)c(C(=O)O)c2)C1. The molecular weight excluding hydrogens is 292 g/mol. The summed E-state index contributed by atoms with van der Waals surface area (Å²) in [5, 5.41) is 12.3. The Labute approximate surface area is 136 Å². The second kappa shape index (κ2) is 6.60. The summed E-state index contributed by atoms with van der Waals surface area (Å²) in [5.41, 5.74) is 1.51. The van der Waals surface area contributed by atoms with Crippen LogP contribution in [-0.2, 0) is 4.79 Å². The summed E-state index contributed by atoms with van der Waals surface area (Å²) in [7, 11) is 0. The highest BCUT2D eigenvalue weighted by atomic mass is 16.4. The topological polar surface area (TPSA) is 69.6 Å². The molecule has 23 heavy (non-hydrogen) atoms. The van der Waals surface area contributed by atoms with E-state index in [-0.39, 0.29) is 17.4 Å². The number of hydrogen-bond acceptors (Lipinski definition) is 3. The van der Waals surface area contributed by atoms with Crippen LogP contribution < -0.4 is 10.2 Å². The number of anilines is 2. The molecule has 1 saturated heterocycles. The van der Waals surface area contributed by atoms with Crippen LogP contribution in [0.4, 0.5) is 11.4 Å². The molecule has 2 fully saturated rings. The monoisotopic (exact) mass is 316 g/mol. The van der Waals surface area contributed by atoms with Crippen LogP contribution in [0.3, 0.4) is 0 Å². The quantitative estimate of drug-likeness (QED) is 0.893. The number of carboxylic acid groups (broad SMARTS) is 1. The first kappa shape index (κ1) is 15.8. The van der Waals surface area contributed by atoms with E-state index >= 15 is 0 Å². The lowest BCUT2D eigenvalue weighted by molar-refractivity contribution is -0.122. The van der Waals surface area contributed by atoms with Gasteiger partial charge in [0.1, 0.15) is 0 Å². The summed E-state index contributed by atoms with van der Waals surface area (Å²) >= 11 is 0. The number of benzene rings is 1. The zero-order chi connectivity index (χ0) is 16.4. The largest absolute Gasteiger partial charge is 0.478 e. The molecule has 5 nitrogen and oxygen atoms in total. The molecular formula is C18H24N2O3. The number of hydrogen-bond donors (Lipinski definition) is 2. The Kier molecular flexibility index (Phi) is 4.55. The van der Waals surface area contributed by atoms with Crippen LogP contribution in [0.5, 0.6) is 0 Å². The van der Waals surface area contributed by atoms with Crippen molar-refractivity contribution in [3.8, 4) is 0 Å². The predicted molar refractivity (Wildman–Crippen MR) is 90.0 cm³/mol. The van der Waals surface area contributed by atoms with Crippen LogP contribution in [-0.4, -0.2) is 30.1 Å².